The Kier molecular flexibility index (Phi) is 4.85. The number of benzene rings is 3. The average Bonchev–Trinajstić information content (AvgIpc) is 2.78. The lowest BCUT2D eigenvalue weighted by Gasteiger charge is -2.35. The quantitative estimate of drug-likeness (QED) is 0.481. The molecule has 5 heteroatoms. The van der Waals surface area contributed by atoms with E-state index in [0.29, 0.717) is 11.5 Å². The molecule has 168 valence electrons. The van der Waals surface area contributed by atoms with Crippen LogP contribution in [0.25, 0.3) is 28.5 Å². The first kappa shape index (κ1) is 21.0. The zero-order valence-electron chi connectivity index (χ0n) is 19.4. The first-order chi connectivity index (χ1) is 15.8. The molecular formula is C28H27NO4. The van der Waals surface area contributed by atoms with Crippen molar-refractivity contribution in [1.82, 2.24) is 0 Å². The van der Waals surface area contributed by atoms with Gasteiger partial charge in [-0.2, -0.15) is 0 Å². The second kappa shape index (κ2) is 7.62. The van der Waals surface area contributed by atoms with Gasteiger partial charge in [-0.25, -0.2) is 0 Å². The van der Waals surface area contributed by atoms with Gasteiger partial charge >= 0.3 is 0 Å². The van der Waals surface area contributed by atoms with Crippen LogP contribution in [0.4, 0.5) is 5.69 Å². The van der Waals surface area contributed by atoms with Crippen LogP contribution in [0.15, 0.2) is 54.6 Å². The fourth-order valence-electron chi connectivity index (χ4n) is 4.80. The highest BCUT2D eigenvalue weighted by Crippen LogP contribution is 2.54. The van der Waals surface area contributed by atoms with Crippen molar-refractivity contribution < 1.29 is 19.3 Å². The number of ether oxygens (including phenoxy) is 3. The van der Waals surface area contributed by atoms with Gasteiger partial charge in [-0.1, -0.05) is 24.3 Å². The van der Waals surface area contributed by atoms with Crippen molar-refractivity contribution in [3.05, 3.63) is 71.3 Å². The van der Waals surface area contributed by atoms with Crippen molar-refractivity contribution in [1.29, 1.82) is 0 Å². The zero-order chi connectivity index (χ0) is 23.3. The predicted molar refractivity (Wildman–Crippen MR) is 133 cm³/mol. The number of nitrogens with one attached hydrogen (secondary N) is 1. The van der Waals surface area contributed by atoms with E-state index in [1.807, 2.05) is 30.3 Å². The first-order valence-corrected chi connectivity index (χ1v) is 10.9. The van der Waals surface area contributed by atoms with Crippen LogP contribution in [0.5, 0.6) is 23.0 Å². The lowest BCUT2D eigenvalue weighted by atomic mass is 9.83. The summed E-state index contributed by atoms with van der Waals surface area (Å²) in [5, 5.41) is 14.1. The van der Waals surface area contributed by atoms with E-state index in [1.54, 1.807) is 26.4 Å². The van der Waals surface area contributed by atoms with Crippen LogP contribution >= 0.6 is 0 Å². The predicted octanol–water partition coefficient (Wildman–Crippen LogP) is 6.57. The number of aromatic hydroxyl groups is 1. The Morgan fingerprint density at radius 1 is 0.909 bits per heavy atom. The topological polar surface area (TPSA) is 60.0 Å². The van der Waals surface area contributed by atoms with Gasteiger partial charge in [-0.05, 0) is 68.3 Å². The summed E-state index contributed by atoms with van der Waals surface area (Å²) in [4.78, 5) is 0. The Morgan fingerprint density at radius 2 is 1.67 bits per heavy atom. The summed E-state index contributed by atoms with van der Waals surface area (Å²) in [5.41, 5.74) is 6.81. The number of rotatable bonds is 3. The number of allylic oxidation sites excluding steroid dienone is 1. The van der Waals surface area contributed by atoms with Crippen molar-refractivity contribution in [3.63, 3.8) is 0 Å². The fraction of sp³-hybridized carbons (Fsp3) is 0.214. The van der Waals surface area contributed by atoms with Gasteiger partial charge in [0.05, 0.1) is 25.3 Å². The fourth-order valence-corrected chi connectivity index (χ4v) is 4.80. The number of fused-ring (bicyclic) bond motifs is 5. The number of phenols is 1. The van der Waals surface area contributed by atoms with Crippen molar-refractivity contribution in [2.75, 3.05) is 19.5 Å². The minimum absolute atomic E-state index is 0.0811. The van der Waals surface area contributed by atoms with Crippen LogP contribution in [0.3, 0.4) is 0 Å². The van der Waals surface area contributed by atoms with Gasteiger partial charge in [0.2, 0.25) is 0 Å². The van der Waals surface area contributed by atoms with Crippen molar-refractivity contribution in [2.45, 2.75) is 26.3 Å². The lowest BCUT2D eigenvalue weighted by molar-refractivity contribution is 0.371. The van der Waals surface area contributed by atoms with E-state index >= 15 is 0 Å². The number of hydrogen-bond acceptors (Lipinski definition) is 5. The smallest absolute Gasteiger partial charge is 0.172 e. The molecule has 3 aromatic carbocycles. The largest absolute Gasteiger partial charge is 0.504 e. The van der Waals surface area contributed by atoms with Crippen LogP contribution in [0.2, 0.25) is 0 Å². The second-order valence-electron chi connectivity index (χ2n) is 8.96. The molecule has 2 aliphatic rings. The van der Waals surface area contributed by atoms with Gasteiger partial charge < -0.3 is 24.6 Å². The van der Waals surface area contributed by atoms with Crippen LogP contribution in [-0.2, 0) is 0 Å². The molecule has 3 aromatic rings. The molecular weight excluding hydrogens is 414 g/mol. The van der Waals surface area contributed by atoms with Gasteiger partial charge in [0.15, 0.2) is 11.5 Å². The maximum atomic E-state index is 10.5. The summed E-state index contributed by atoms with van der Waals surface area (Å²) in [7, 11) is 3.22. The molecule has 0 saturated carbocycles. The lowest BCUT2D eigenvalue weighted by Crippen LogP contribution is -2.32. The molecule has 0 amide bonds. The molecule has 33 heavy (non-hydrogen) atoms. The van der Waals surface area contributed by atoms with Gasteiger partial charge in [0, 0.05) is 22.4 Å². The third-order valence-electron chi connectivity index (χ3n) is 6.09. The first-order valence-electron chi connectivity index (χ1n) is 10.9. The maximum absolute atomic E-state index is 10.5. The molecule has 2 heterocycles. The summed E-state index contributed by atoms with van der Waals surface area (Å²) < 4.78 is 17.4. The van der Waals surface area contributed by atoms with Crippen LogP contribution in [-0.4, -0.2) is 24.9 Å². The van der Waals surface area contributed by atoms with E-state index in [1.165, 1.54) is 0 Å². The van der Waals surface area contributed by atoms with Crippen molar-refractivity contribution in [3.8, 4) is 34.1 Å². The summed E-state index contributed by atoms with van der Waals surface area (Å²) >= 11 is 0. The normalized spacial score (nSPS) is 16.5. The Bertz CT molecular complexity index is 1320. The summed E-state index contributed by atoms with van der Waals surface area (Å²) in [6.07, 6.45) is 4.27. The molecule has 2 N–H and O–H groups in total. The SMILES string of the molecule is COc1ccc(/C=C2\Oc3ccc(O)c(OC)c3-c3ccc4c(c32)C(C)=CC(C)(C)N4)cc1. The molecule has 0 aromatic heterocycles. The summed E-state index contributed by atoms with van der Waals surface area (Å²) in [5.74, 6) is 2.67. The van der Waals surface area contributed by atoms with E-state index in [-0.39, 0.29) is 11.3 Å². The zero-order valence-corrected chi connectivity index (χ0v) is 19.4. The van der Waals surface area contributed by atoms with Gasteiger partial charge in [-0.3, -0.25) is 0 Å². The minimum atomic E-state index is -0.158. The third-order valence-corrected chi connectivity index (χ3v) is 6.09. The highest BCUT2D eigenvalue weighted by molar-refractivity contribution is 6.02. The van der Waals surface area contributed by atoms with E-state index in [0.717, 1.165) is 50.6 Å². The molecule has 0 spiro atoms. The molecule has 0 radical (unpaired) electrons. The number of phenolic OH excluding ortho intramolecular Hbond substituents is 1. The van der Waals surface area contributed by atoms with Crippen LogP contribution in [0.1, 0.15) is 37.5 Å². The van der Waals surface area contributed by atoms with E-state index < -0.39 is 0 Å². The third kappa shape index (κ3) is 3.50. The minimum Gasteiger partial charge on any atom is -0.504 e. The molecule has 5 nitrogen and oxygen atoms in total. The Labute approximate surface area is 193 Å². The molecule has 0 atom stereocenters. The number of hydrogen-bond donors (Lipinski definition) is 2. The van der Waals surface area contributed by atoms with E-state index in [4.69, 9.17) is 14.2 Å². The monoisotopic (exact) mass is 441 g/mol. The molecule has 5 rings (SSSR count). The molecule has 0 unspecified atom stereocenters. The van der Waals surface area contributed by atoms with Crippen LogP contribution in [0, 0.1) is 0 Å². The highest BCUT2D eigenvalue weighted by Gasteiger charge is 2.33. The van der Waals surface area contributed by atoms with E-state index in [9.17, 15) is 5.11 Å². The van der Waals surface area contributed by atoms with E-state index in [2.05, 4.69) is 44.3 Å². The molecule has 2 aliphatic heterocycles. The average molecular weight is 442 g/mol. The van der Waals surface area contributed by atoms with Gasteiger partial charge in [0.25, 0.3) is 0 Å². The Morgan fingerprint density at radius 3 is 2.36 bits per heavy atom. The molecule has 0 saturated heterocycles. The molecule has 0 fully saturated rings. The Hall–Kier alpha value is -3.86. The highest BCUT2D eigenvalue weighted by atomic mass is 16.5. The van der Waals surface area contributed by atoms with Gasteiger partial charge in [-0.15, -0.1) is 0 Å². The summed E-state index contributed by atoms with van der Waals surface area (Å²) in [6.45, 7) is 6.43. The van der Waals surface area contributed by atoms with Crippen molar-refractivity contribution in [2.24, 2.45) is 0 Å². The molecule has 0 bridgehead atoms. The standard InChI is InChI=1S/C28H27NO4/c1-16-15-28(2,3)29-20-11-10-19-25(24(16)20)23(14-17-6-8-18(31-4)9-7-17)33-22-13-12-21(30)27(32-5)26(19)22/h6-15,29-30H,1-5H3/b23-14-. The number of methoxy groups -OCH3 is 2. The van der Waals surface area contributed by atoms with Gasteiger partial charge in [0.1, 0.15) is 17.3 Å². The second-order valence-corrected chi connectivity index (χ2v) is 8.96. The van der Waals surface area contributed by atoms with Crippen molar-refractivity contribution >= 4 is 23.1 Å². The number of anilines is 1. The Balaban J connectivity index is 1.80. The molecule has 0 aliphatic carbocycles. The summed E-state index contributed by atoms with van der Waals surface area (Å²) in [6, 6.07) is 15.4. The van der Waals surface area contributed by atoms with Crippen LogP contribution < -0.4 is 19.5 Å². The maximum Gasteiger partial charge on any atom is 0.172 e.